The molecule has 0 aliphatic rings. The highest BCUT2D eigenvalue weighted by atomic mass is 79.9. The van der Waals surface area contributed by atoms with Gasteiger partial charge in [0, 0.05) is 21.3 Å². The fourth-order valence-electron chi connectivity index (χ4n) is 1.78. The van der Waals surface area contributed by atoms with E-state index in [1.54, 1.807) is 24.5 Å². The molecular weight excluding hydrogens is 410 g/mol. The quantitative estimate of drug-likeness (QED) is 0.588. The molecule has 0 bridgehead atoms. The summed E-state index contributed by atoms with van der Waals surface area (Å²) < 4.78 is 1.48. The van der Waals surface area contributed by atoms with Gasteiger partial charge >= 0.3 is 0 Å². The molecule has 0 aliphatic carbocycles. The van der Waals surface area contributed by atoms with Crippen molar-refractivity contribution < 1.29 is 4.79 Å². The van der Waals surface area contributed by atoms with Gasteiger partial charge in [0.05, 0.1) is 5.69 Å². The lowest BCUT2D eigenvalue weighted by Gasteiger charge is -2.10. The van der Waals surface area contributed by atoms with Crippen molar-refractivity contribution in [2.45, 2.75) is 6.92 Å². The maximum absolute atomic E-state index is 12.3. The van der Waals surface area contributed by atoms with E-state index in [1.807, 2.05) is 25.1 Å². The Morgan fingerprint density at radius 1 is 1.36 bits per heavy atom. The predicted octanol–water partition coefficient (Wildman–Crippen LogP) is 4.46. The summed E-state index contributed by atoms with van der Waals surface area (Å²) in [6.45, 7) is 1.95. The molecule has 0 spiro atoms. The van der Waals surface area contributed by atoms with E-state index in [0.717, 1.165) is 14.5 Å². The molecule has 1 aromatic carbocycles. The first-order valence-electron chi connectivity index (χ1n) is 6.30. The highest BCUT2D eigenvalue weighted by Gasteiger charge is 2.14. The highest BCUT2D eigenvalue weighted by molar-refractivity contribution is 9.11. The molecule has 4 nitrogen and oxygen atoms in total. The molecular formula is C16H11Br2N3O. The van der Waals surface area contributed by atoms with Crippen molar-refractivity contribution in [3.05, 3.63) is 62.3 Å². The summed E-state index contributed by atoms with van der Waals surface area (Å²) in [6.07, 6.45) is 4.71. The van der Waals surface area contributed by atoms with Crippen LogP contribution in [0.25, 0.3) is 6.08 Å². The lowest BCUT2D eigenvalue weighted by atomic mass is 10.1. The maximum Gasteiger partial charge on any atom is 0.266 e. The number of benzene rings is 1. The number of carbonyl (C=O) groups excluding carboxylic acids is 1. The van der Waals surface area contributed by atoms with E-state index in [0.29, 0.717) is 11.3 Å². The Kier molecular flexibility index (Phi) is 5.47. The number of halogens is 2. The lowest BCUT2D eigenvalue weighted by molar-refractivity contribution is -0.112. The van der Waals surface area contributed by atoms with E-state index in [2.05, 4.69) is 42.2 Å². The normalized spacial score (nSPS) is 10.9. The van der Waals surface area contributed by atoms with E-state index in [1.165, 1.54) is 6.08 Å². The minimum Gasteiger partial charge on any atom is -0.319 e. The molecule has 0 saturated carbocycles. The van der Waals surface area contributed by atoms with Gasteiger partial charge in [-0.15, -0.1) is 0 Å². The Morgan fingerprint density at radius 3 is 2.59 bits per heavy atom. The number of hydrogen-bond donors (Lipinski definition) is 1. The van der Waals surface area contributed by atoms with Crippen molar-refractivity contribution in [1.29, 1.82) is 5.26 Å². The number of carbonyl (C=O) groups is 1. The van der Waals surface area contributed by atoms with Crippen LogP contribution in [0, 0.1) is 18.3 Å². The predicted molar refractivity (Wildman–Crippen MR) is 93.0 cm³/mol. The molecule has 0 aliphatic heterocycles. The number of nitriles is 1. The molecule has 6 heteroatoms. The van der Waals surface area contributed by atoms with Gasteiger partial charge in [-0.1, -0.05) is 6.07 Å². The molecule has 0 unspecified atom stereocenters. The number of nitrogens with one attached hydrogen (secondary N) is 1. The number of amides is 1. The van der Waals surface area contributed by atoms with Crippen LogP contribution in [0.4, 0.5) is 5.69 Å². The number of anilines is 1. The molecule has 1 N–H and O–H groups in total. The summed E-state index contributed by atoms with van der Waals surface area (Å²) in [4.78, 5) is 16.2. The third-order valence-corrected chi connectivity index (χ3v) is 4.04. The molecule has 0 atom stereocenters. The van der Waals surface area contributed by atoms with Crippen LogP contribution in [0.1, 0.15) is 11.1 Å². The third kappa shape index (κ3) is 4.03. The first-order valence-corrected chi connectivity index (χ1v) is 7.88. The van der Waals surface area contributed by atoms with Crippen molar-refractivity contribution in [2.75, 3.05) is 5.32 Å². The monoisotopic (exact) mass is 419 g/mol. The molecule has 2 aromatic rings. The zero-order valence-electron chi connectivity index (χ0n) is 11.6. The first-order chi connectivity index (χ1) is 10.5. The van der Waals surface area contributed by atoms with E-state index in [4.69, 9.17) is 0 Å². The van der Waals surface area contributed by atoms with Crippen molar-refractivity contribution in [3.63, 3.8) is 0 Å². The van der Waals surface area contributed by atoms with E-state index in [9.17, 15) is 10.1 Å². The van der Waals surface area contributed by atoms with Gasteiger partial charge in [0.1, 0.15) is 11.6 Å². The summed E-state index contributed by atoms with van der Waals surface area (Å²) in [6, 6.07) is 9.20. The van der Waals surface area contributed by atoms with Gasteiger partial charge in [0.25, 0.3) is 5.91 Å². The summed E-state index contributed by atoms with van der Waals surface area (Å²) >= 11 is 6.81. The molecule has 2 rings (SSSR count). The number of nitrogens with zero attached hydrogens (tertiary/aromatic N) is 2. The Hall–Kier alpha value is -1.97. The summed E-state index contributed by atoms with van der Waals surface area (Å²) in [5.41, 5.74) is 2.33. The molecule has 1 aromatic heterocycles. The molecule has 1 heterocycles. The Labute approximate surface area is 145 Å². The van der Waals surface area contributed by atoms with Crippen molar-refractivity contribution in [3.8, 4) is 6.07 Å². The van der Waals surface area contributed by atoms with Gasteiger partial charge in [-0.3, -0.25) is 9.78 Å². The van der Waals surface area contributed by atoms with Gasteiger partial charge in [-0.05, 0) is 74.2 Å². The zero-order chi connectivity index (χ0) is 16.1. The van der Waals surface area contributed by atoms with Crippen molar-refractivity contribution in [1.82, 2.24) is 4.98 Å². The fourth-order valence-corrected chi connectivity index (χ4v) is 3.39. The molecule has 110 valence electrons. The minimum absolute atomic E-state index is 0.00683. The van der Waals surface area contributed by atoms with Gasteiger partial charge < -0.3 is 5.32 Å². The standard InChI is InChI=1S/C16H11Br2N3O/c1-10-5-13(17)15(14(18)6-10)21-16(22)12(8-19)7-11-3-2-4-20-9-11/h2-7,9H,1H3,(H,21,22)/b12-7+. The maximum atomic E-state index is 12.3. The van der Waals surface area contributed by atoms with Crippen LogP contribution >= 0.6 is 31.9 Å². The van der Waals surface area contributed by atoms with Gasteiger partial charge in [0.15, 0.2) is 0 Å². The van der Waals surface area contributed by atoms with Gasteiger partial charge in [-0.2, -0.15) is 5.26 Å². The average molecular weight is 421 g/mol. The lowest BCUT2D eigenvalue weighted by Crippen LogP contribution is -2.14. The summed E-state index contributed by atoms with van der Waals surface area (Å²) in [5.74, 6) is -0.475. The SMILES string of the molecule is Cc1cc(Br)c(NC(=O)/C(C#N)=C/c2cccnc2)c(Br)c1. The third-order valence-electron chi connectivity index (χ3n) is 2.79. The van der Waals surface area contributed by atoms with Crippen molar-refractivity contribution >= 4 is 49.5 Å². The van der Waals surface area contributed by atoms with Crippen LogP contribution in [0.5, 0.6) is 0 Å². The number of pyridine rings is 1. The average Bonchev–Trinajstić information content (AvgIpc) is 2.49. The molecule has 1 amide bonds. The van der Waals surface area contributed by atoms with Crippen LogP contribution in [0.15, 0.2) is 51.2 Å². The molecule has 0 fully saturated rings. The number of aryl methyl sites for hydroxylation is 1. The Balaban J connectivity index is 2.28. The van der Waals surface area contributed by atoms with Crippen LogP contribution in [0.2, 0.25) is 0 Å². The topological polar surface area (TPSA) is 65.8 Å². The number of hydrogen-bond acceptors (Lipinski definition) is 3. The van der Waals surface area contributed by atoms with Crippen LogP contribution in [-0.4, -0.2) is 10.9 Å². The summed E-state index contributed by atoms with van der Waals surface area (Å²) in [5, 5.41) is 11.9. The first kappa shape index (κ1) is 16.4. The highest BCUT2D eigenvalue weighted by Crippen LogP contribution is 2.32. The second-order valence-electron chi connectivity index (χ2n) is 4.51. The second-order valence-corrected chi connectivity index (χ2v) is 6.22. The second kappa shape index (κ2) is 7.34. The van der Waals surface area contributed by atoms with Crippen molar-refractivity contribution in [2.24, 2.45) is 0 Å². The van der Waals surface area contributed by atoms with E-state index < -0.39 is 5.91 Å². The minimum atomic E-state index is -0.475. The van der Waals surface area contributed by atoms with Crippen LogP contribution in [-0.2, 0) is 4.79 Å². The van der Waals surface area contributed by atoms with E-state index >= 15 is 0 Å². The smallest absolute Gasteiger partial charge is 0.266 e. The number of rotatable bonds is 3. The van der Waals surface area contributed by atoms with Crippen LogP contribution in [0.3, 0.4) is 0 Å². The molecule has 0 radical (unpaired) electrons. The largest absolute Gasteiger partial charge is 0.319 e. The van der Waals surface area contributed by atoms with Crippen LogP contribution < -0.4 is 5.32 Å². The Morgan fingerprint density at radius 2 is 2.05 bits per heavy atom. The fraction of sp³-hybridized carbons (Fsp3) is 0.0625. The Bertz CT molecular complexity index is 757. The summed E-state index contributed by atoms with van der Waals surface area (Å²) in [7, 11) is 0. The van der Waals surface area contributed by atoms with E-state index in [-0.39, 0.29) is 5.57 Å². The number of aromatic nitrogens is 1. The molecule has 0 saturated heterocycles. The van der Waals surface area contributed by atoms with Gasteiger partial charge in [0.2, 0.25) is 0 Å². The van der Waals surface area contributed by atoms with Gasteiger partial charge in [-0.25, -0.2) is 0 Å². The molecule has 22 heavy (non-hydrogen) atoms. The zero-order valence-corrected chi connectivity index (χ0v) is 14.8.